The first-order valence-corrected chi connectivity index (χ1v) is 21.6. The molecular formula is C44H67NO13. The second kappa shape index (κ2) is 18.8. The first-order chi connectivity index (χ1) is 27.3. The van der Waals surface area contributed by atoms with Crippen molar-refractivity contribution in [3.8, 4) is 0 Å². The van der Waals surface area contributed by atoms with Gasteiger partial charge >= 0.3 is 29.8 Å². The molecule has 11 atom stereocenters. The van der Waals surface area contributed by atoms with Gasteiger partial charge in [0, 0.05) is 46.0 Å². The van der Waals surface area contributed by atoms with Crippen LogP contribution in [-0.4, -0.2) is 85.4 Å². The topological polar surface area (TPSA) is 187 Å². The Balaban J connectivity index is 1.02. The van der Waals surface area contributed by atoms with Crippen LogP contribution in [0.3, 0.4) is 0 Å². The van der Waals surface area contributed by atoms with Gasteiger partial charge in [-0.3, -0.25) is 33.6 Å². The number of esters is 5. The first-order valence-electron chi connectivity index (χ1n) is 21.6. The number of rotatable bonds is 17. The summed E-state index contributed by atoms with van der Waals surface area (Å²) in [5.41, 5.74) is -0.449. The van der Waals surface area contributed by atoms with E-state index in [4.69, 9.17) is 28.4 Å². The highest BCUT2D eigenvalue weighted by Crippen LogP contribution is 2.73. The lowest BCUT2D eigenvalue weighted by molar-refractivity contribution is -0.271. The second-order valence-electron chi connectivity index (χ2n) is 18.7. The molecule has 1 aliphatic heterocycles. The molecule has 5 aliphatic rings. The van der Waals surface area contributed by atoms with Crippen LogP contribution in [0, 0.1) is 33.5 Å². The van der Waals surface area contributed by atoms with Crippen LogP contribution in [0.2, 0.25) is 0 Å². The summed E-state index contributed by atoms with van der Waals surface area (Å²) in [6, 6.07) is -1.21. The van der Waals surface area contributed by atoms with Crippen LogP contribution in [-0.2, 0) is 62.0 Å². The molecule has 4 aliphatic carbocycles. The largest absolute Gasteiger partial charge is 0.465 e. The minimum absolute atomic E-state index is 0.0533. The Morgan fingerprint density at radius 2 is 1.36 bits per heavy atom. The Labute approximate surface area is 343 Å². The predicted molar refractivity (Wildman–Crippen MR) is 208 cm³/mol. The van der Waals surface area contributed by atoms with Crippen molar-refractivity contribution >= 4 is 41.5 Å². The van der Waals surface area contributed by atoms with Gasteiger partial charge < -0.3 is 33.7 Å². The molecule has 14 heteroatoms. The van der Waals surface area contributed by atoms with Gasteiger partial charge in [-0.15, -0.1) is 0 Å². The lowest BCUT2D eigenvalue weighted by Gasteiger charge is -2.63. The van der Waals surface area contributed by atoms with Crippen molar-refractivity contribution in [3.63, 3.8) is 0 Å². The van der Waals surface area contributed by atoms with E-state index >= 15 is 0 Å². The molecule has 4 saturated carbocycles. The highest BCUT2D eigenvalue weighted by atomic mass is 16.7. The van der Waals surface area contributed by atoms with Gasteiger partial charge in [-0.25, -0.2) is 0 Å². The van der Waals surface area contributed by atoms with Gasteiger partial charge in [0.2, 0.25) is 12.2 Å². The average molecular weight is 818 g/mol. The number of ether oxygens (including phenoxy) is 6. The molecular weight excluding hydrogens is 750 g/mol. The van der Waals surface area contributed by atoms with Gasteiger partial charge in [-0.1, -0.05) is 52.4 Å². The van der Waals surface area contributed by atoms with Crippen molar-refractivity contribution in [2.45, 2.75) is 188 Å². The zero-order valence-corrected chi connectivity index (χ0v) is 35.8. The molecule has 14 nitrogen and oxygen atoms in total. The molecule has 1 amide bonds. The van der Waals surface area contributed by atoms with Crippen LogP contribution in [0.5, 0.6) is 0 Å². The molecule has 1 saturated heterocycles. The molecule has 58 heavy (non-hydrogen) atoms. The molecule has 0 unspecified atom stereocenters. The van der Waals surface area contributed by atoms with Crippen molar-refractivity contribution in [3.05, 3.63) is 0 Å². The van der Waals surface area contributed by atoms with Crippen LogP contribution in [0.25, 0.3) is 0 Å². The number of carbonyl (C=O) groups excluding carboxylic acids is 7. The van der Waals surface area contributed by atoms with Crippen LogP contribution >= 0.6 is 0 Å². The maximum absolute atomic E-state index is 13.8. The highest BCUT2D eigenvalue weighted by molar-refractivity contribution is 5.88. The Morgan fingerprint density at radius 3 is 2.02 bits per heavy atom. The summed E-state index contributed by atoms with van der Waals surface area (Å²) in [5.74, 6) is -2.04. The number of Topliss-reactive ketones (excluding diaryl/α,β-unsaturated/α-hetero) is 1. The van der Waals surface area contributed by atoms with Gasteiger partial charge in [0.1, 0.15) is 24.5 Å². The number of fused-ring (bicyclic) bond motifs is 3. The van der Waals surface area contributed by atoms with Crippen molar-refractivity contribution in [1.82, 2.24) is 5.32 Å². The molecule has 1 heterocycles. The molecule has 5 fully saturated rings. The minimum Gasteiger partial charge on any atom is -0.465 e. The lowest BCUT2D eigenvalue weighted by atomic mass is 9.40. The fourth-order valence-corrected chi connectivity index (χ4v) is 11.9. The molecule has 326 valence electrons. The van der Waals surface area contributed by atoms with Crippen LogP contribution in [0.4, 0.5) is 0 Å². The van der Waals surface area contributed by atoms with Crippen molar-refractivity contribution in [2.75, 3.05) is 13.2 Å². The highest BCUT2D eigenvalue weighted by Gasteiger charge is 2.68. The molecule has 1 spiro atoms. The Morgan fingerprint density at radius 1 is 0.724 bits per heavy atom. The third kappa shape index (κ3) is 10.1. The zero-order chi connectivity index (χ0) is 42.5. The number of hydrogen-bond donors (Lipinski definition) is 1. The van der Waals surface area contributed by atoms with E-state index in [0.717, 1.165) is 110 Å². The van der Waals surface area contributed by atoms with Crippen molar-refractivity contribution < 1.29 is 62.0 Å². The summed E-state index contributed by atoms with van der Waals surface area (Å²) in [6.45, 7) is 11.5. The van der Waals surface area contributed by atoms with Crippen LogP contribution < -0.4 is 5.32 Å². The minimum atomic E-state index is -1.43. The molecule has 5 rings (SSSR count). The Bertz CT molecular complexity index is 1560. The summed E-state index contributed by atoms with van der Waals surface area (Å²) in [6.07, 6.45) is 9.68. The van der Waals surface area contributed by atoms with Crippen LogP contribution in [0.15, 0.2) is 0 Å². The van der Waals surface area contributed by atoms with E-state index < -0.39 is 65.8 Å². The monoisotopic (exact) mass is 817 g/mol. The van der Waals surface area contributed by atoms with E-state index in [0.29, 0.717) is 24.7 Å². The maximum Gasteiger partial charge on any atom is 0.312 e. The molecule has 0 radical (unpaired) electrons. The fourth-order valence-electron chi connectivity index (χ4n) is 11.9. The van der Waals surface area contributed by atoms with Crippen LogP contribution in [0.1, 0.15) is 158 Å². The van der Waals surface area contributed by atoms with E-state index in [9.17, 15) is 33.6 Å². The lowest BCUT2D eigenvalue weighted by Crippen LogP contribution is -2.66. The first kappa shape index (κ1) is 45.5. The molecule has 2 bridgehead atoms. The number of ketones is 1. The molecule has 0 aromatic heterocycles. The average Bonchev–Trinajstić information content (AvgIpc) is 3.31. The molecule has 1 N–H and O–H groups in total. The Kier molecular flexibility index (Phi) is 14.8. The number of carbonyl (C=O) groups is 7. The smallest absolute Gasteiger partial charge is 0.312 e. The number of amides is 1. The molecule has 0 aromatic rings. The SMILES string of the molecule is CC(=O)N[C@H]1[C@H](OC(=O)CCCCCCCCCOC(=O)[C@]2(C)CCC[C@@]3(C)[C@@H]4CC[C@@]5(C)C[C@]4(CC[C@@H]32)CC5=O)O[C@H](COC(C)=O)[C@@H](OC(C)=O)[C@@H]1OC(C)=O. The third-order valence-electron chi connectivity index (χ3n) is 14.4. The van der Waals surface area contributed by atoms with E-state index in [2.05, 4.69) is 26.1 Å². The standard InChI is InChI=1S/C44H67NO13/c1-27(46)45-36-38(56-30(4)49)37(55-29(3)48)31(25-54-28(2)47)57-39(36)58-35(51)16-13-11-9-8-10-12-14-23-53-40(52)43(7)20-15-19-42(6)32(43)18-22-44-24-34(50)41(5,26-44)21-17-33(42)44/h31-33,36-39H,8-26H2,1-7H3,(H,45,46)/t31-,32+,33+,36-,37-,38-,39+,41+,42-,43-,44+/m1/s1. The zero-order valence-electron chi connectivity index (χ0n) is 35.8. The van der Waals surface area contributed by atoms with Gasteiger partial charge in [-0.05, 0) is 87.4 Å². The number of hydrogen-bond acceptors (Lipinski definition) is 13. The van der Waals surface area contributed by atoms with Crippen molar-refractivity contribution in [2.24, 2.45) is 33.5 Å². The fraction of sp³-hybridized carbons (Fsp3) is 0.841. The quantitative estimate of drug-likeness (QED) is 0.0991. The summed E-state index contributed by atoms with van der Waals surface area (Å²) in [4.78, 5) is 87.5. The van der Waals surface area contributed by atoms with Gasteiger partial charge in [0.05, 0.1) is 12.0 Å². The van der Waals surface area contributed by atoms with E-state index in [1.54, 1.807) is 0 Å². The van der Waals surface area contributed by atoms with E-state index in [1.807, 2.05) is 0 Å². The van der Waals surface area contributed by atoms with Gasteiger partial charge in [0.15, 0.2) is 12.2 Å². The van der Waals surface area contributed by atoms with E-state index in [1.165, 1.54) is 13.8 Å². The second-order valence-corrected chi connectivity index (χ2v) is 18.7. The number of nitrogens with one attached hydrogen (secondary N) is 1. The summed E-state index contributed by atoms with van der Waals surface area (Å²) in [7, 11) is 0. The third-order valence-corrected chi connectivity index (χ3v) is 14.4. The summed E-state index contributed by atoms with van der Waals surface area (Å²) < 4.78 is 33.4. The molecule has 0 aromatic carbocycles. The predicted octanol–water partition coefficient (Wildman–Crippen LogP) is 6.22. The maximum atomic E-state index is 13.8. The number of unbranched alkanes of at least 4 members (excludes halogenated alkanes) is 6. The van der Waals surface area contributed by atoms with Crippen molar-refractivity contribution in [1.29, 1.82) is 0 Å². The van der Waals surface area contributed by atoms with Gasteiger partial charge in [0.25, 0.3) is 0 Å². The summed E-state index contributed by atoms with van der Waals surface area (Å²) in [5, 5.41) is 2.58. The normalized spacial score (nSPS) is 36.4. The van der Waals surface area contributed by atoms with Gasteiger partial charge in [-0.2, -0.15) is 0 Å². The summed E-state index contributed by atoms with van der Waals surface area (Å²) >= 11 is 0. The van der Waals surface area contributed by atoms with E-state index in [-0.39, 0.29) is 41.2 Å². The Hall–Kier alpha value is -3.55.